The number of hydrogen-bond acceptors (Lipinski definition) is 2. The molecule has 0 spiro atoms. The summed E-state index contributed by atoms with van der Waals surface area (Å²) in [4.78, 5) is 13.1. The van der Waals surface area contributed by atoms with Gasteiger partial charge in [-0.15, -0.1) is 12.6 Å². The summed E-state index contributed by atoms with van der Waals surface area (Å²) in [7, 11) is 0. The minimum Gasteiger partial charge on any atom is -0.356 e. The number of carbonyl (C=O) groups is 1. The Morgan fingerprint density at radius 1 is 1.12 bits per heavy atom. The average Bonchev–Trinajstić information content (AvgIpc) is 2.60. The van der Waals surface area contributed by atoms with Crippen molar-refractivity contribution in [2.75, 3.05) is 6.54 Å². The van der Waals surface area contributed by atoms with Gasteiger partial charge in [0.05, 0.1) is 0 Å². The zero-order chi connectivity index (χ0) is 16.8. The van der Waals surface area contributed by atoms with E-state index in [1.54, 1.807) is 0 Å². The summed E-state index contributed by atoms with van der Waals surface area (Å²) in [6.07, 6.45) is 9.09. The average molecular weight is 342 g/mol. The highest BCUT2D eigenvalue weighted by Crippen LogP contribution is 2.26. The number of thiol groups is 1. The van der Waals surface area contributed by atoms with Gasteiger partial charge >= 0.3 is 0 Å². The summed E-state index contributed by atoms with van der Waals surface area (Å²) in [6.45, 7) is 0.766. The van der Waals surface area contributed by atoms with Gasteiger partial charge in [0, 0.05) is 17.9 Å². The van der Waals surface area contributed by atoms with E-state index in [0.717, 1.165) is 30.7 Å². The molecule has 0 radical (unpaired) electrons. The Morgan fingerprint density at radius 3 is 2.79 bits per heavy atom. The summed E-state index contributed by atoms with van der Waals surface area (Å²) >= 11 is 4.45. The highest BCUT2D eigenvalue weighted by molar-refractivity contribution is 7.80. The van der Waals surface area contributed by atoms with Gasteiger partial charge in [-0.25, -0.2) is 0 Å². The van der Waals surface area contributed by atoms with Crippen LogP contribution in [0.25, 0.3) is 10.8 Å². The van der Waals surface area contributed by atoms with Gasteiger partial charge in [-0.05, 0) is 60.1 Å². The largest absolute Gasteiger partial charge is 0.356 e. The van der Waals surface area contributed by atoms with Gasteiger partial charge in [0.1, 0.15) is 0 Å². The van der Waals surface area contributed by atoms with Crippen LogP contribution < -0.4 is 5.32 Å². The minimum absolute atomic E-state index is 0.234. The highest BCUT2D eigenvalue weighted by Gasteiger charge is 2.16. The van der Waals surface area contributed by atoms with Gasteiger partial charge in [0.2, 0.25) is 5.91 Å². The molecule has 2 aromatic rings. The number of fused-ring (bicyclic) bond motifs is 1. The van der Waals surface area contributed by atoms with E-state index < -0.39 is 0 Å². The number of rotatable bonds is 6. The van der Waals surface area contributed by atoms with Crippen LogP contribution in [0.3, 0.4) is 0 Å². The fraction of sp³-hybridized carbons (Fsp3) is 0.476. The number of hydrogen-bond donors (Lipinski definition) is 2. The Kier molecular flexibility index (Phi) is 6.19. The second-order valence-corrected chi connectivity index (χ2v) is 7.50. The maximum atomic E-state index is 12.1. The lowest BCUT2D eigenvalue weighted by Crippen LogP contribution is -2.27. The van der Waals surface area contributed by atoms with E-state index in [4.69, 9.17) is 0 Å². The van der Waals surface area contributed by atoms with Crippen molar-refractivity contribution in [2.45, 2.75) is 56.3 Å². The SMILES string of the molecule is O=C(CC1CCCCC1)NCCCc1cccc2ccc(S)cc12. The molecule has 1 fully saturated rings. The van der Waals surface area contributed by atoms with Crippen molar-refractivity contribution in [3.63, 3.8) is 0 Å². The quantitative estimate of drug-likeness (QED) is 0.552. The summed E-state index contributed by atoms with van der Waals surface area (Å²) in [5.41, 5.74) is 1.34. The molecule has 1 aliphatic carbocycles. The first-order chi connectivity index (χ1) is 11.7. The van der Waals surface area contributed by atoms with Crippen molar-refractivity contribution >= 4 is 29.3 Å². The van der Waals surface area contributed by atoms with Crippen molar-refractivity contribution in [1.82, 2.24) is 5.32 Å². The zero-order valence-corrected chi connectivity index (χ0v) is 15.2. The molecule has 1 aliphatic rings. The predicted octanol–water partition coefficient (Wildman–Crippen LogP) is 5.15. The topological polar surface area (TPSA) is 29.1 Å². The molecule has 0 atom stereocenters. The monoisotopic (exact) mass is 341 g/mol. The Labute approximate surface area is 150 Å². The third-order valence-electron chi connectivity index (χ3n) is 5.10. The maximum absolute atomic E-state index is 12.1. The molecule has 0 heterocycles. The Morgan fingerprint density at radius 2 is 1.96 bits per heavy atom. The Bertz CT molecular complexity index is 691. The Balaban J connectivity index is 1.46. The number of aryl methyl sites for hydroxylation is 1. The first-order valence-electron chi connectivity index (χ1n) is 9.20. The van der Waals surface area contributed by atoms with E-state index in [1.807, 2.05) is 6.07 Å². The zero-order valence-electron chi connectivity index (χ0n) is 14.3. The summed E-state index contributed by atoms with van der Waals surface area (Å²) in [6, 6.07) is 12.7. The van der Waals surface area contributed by atoms with Gasteiger partial charge in [-0.1, -0.05) is 43.5 Å². The van der Waals surface area contributed by atoms with Crippen LogP contribution in [0, 0.1) is 5.92 Å². The van der Waals surface area contributed by atoms with Crippen LogP contribution in [0.5, 0.6) is 0 Å². The molecule has 128 valence electrons. The van der Waals surface area contributed by atoms with Gasteiger partial charge in [0.25, 0.3) is 0 Å². The van der Waals surface area contributed by atoms with E-state index in [-0.39, 0.29) is 5.91 Å². The lowest BCUT2D eigenvalue weighted by atomic mass is 9.87. The predicted molar refractivity (Wildman–Crippen MR) is 104 cm³/mol. The number of benzene rings is 2. The molecule has 1 amide bonds. The molecule has 0 aliphatic heterocycles. The number of nitrogens with one attached hydrogen (secondary N) is 1. The smallest absolute Gasteiger partial charge is 0.220 e. The molecule has 2 aromatic carbocycles. The number of carbonyl (C=O) groups excluding carboxylic acids is 1. The molecule has 0 aromatic heterocycles. The third kappa shape index (κ3) is 4.76. The summed E-state index contributed by atoms with van der Waals surface area (Å²) in [5.74, 6) is 0.850. The molecular weight excluding hydrogens is 314 g/mol. The normalized spacial score (nSPS) is 15.5. The lowest BCUT2D eigenvalue weighted by Gasteiger charge is -2.20. The fourth-order valence-corrected chi connectivity index (χ4v) is 3.98. The first-order valence-corrected chi connectivity index (χ1v) is 9.64. The van der Waals surface area contributed by atoms with Gasteiger partial charge in [0.15, 0.2) is 0 Å². The molecule has 1 N–H and O–H groups in total. The molecule has 0 unspecified atom stereocenters. The minimum atomic E-state index is 0.234. The van der Waals surface area contributed by atoms with Crippen molar-refractivity contribution < 1.29 is 4.79 Å². The molecule has 24 heavy (non-hydrogen) atoms. The van der Waals surface area contributed by atoms with Gasteiger partial charge in [-0.2, -0.15) is 0 Å². The van der Waals surface area contributed by atoms with E-state index in [1.165, 1.54) is 48.4 Å². The second-order valence-electron chi connectivity index (χ2n) is 6.98. The molecule has 0 saturated heterocycles. The summed E-state index contributed by atoms with van der Waals surface area (Å²) in [5, 5.41) is 5.64. The molecule has 3 heteroatoms. The van der Waals surface area contributed by atoms with E-state index >= 15 is 0 Å². The van der Waals surface area contributed by atoms with E-state index in [2.05, 4.69) is 48.3 Å². The van der Waals surface area contributed by atoms with Crippen LogP contribution in [-0.2, 0) is 11.2 Å². The van der Waals surface area contributed by atoms with Crippen LogP contribution in [0.15, 0.2) is 41.3 Å². The van der Waals surface area contributed by atoms with Crippen LogP contribution in [0.2, 0.25) is 0 Å². The van der Waals surface area contributed by atoms with E-state index in [0.29, 0.717) is 5.92 Å². The Hall–Kier alpha value is -1.48. The van der Waals surface area contributed by atoms with Crippen molar-refractivity contribution in [1.29, 1.82) is 0 Å². The lowest BCUT2D eigenvalue weighted by molar-refractivity contribution is -0.122. The third-order valence-corrected chi connectivity index (χ3v) is 5.38. The second kappa shape index (κ2) is 8.57. The maximum Gasteiger partial charge on any atom is 0.220 e. The van der Waals surface area contributed by atoms with Crippen LogP contribution in [0.1, 0.15) is 50.5 Å². The molecule has 0 bridgehead atoms. The molecular formula is C21H27NOS. The van der Waals surface area contributed by atoms with Crippen LogP contribution in [-0.4, -0.2) is 12.5 Å². The first kappa shape index (κ1) is 17.3. The van der Waals surface area contributed by atoms with Crippen molar-refractivity contribution in [2.24, 2.45) is 5.92 Å². The van der Waals surface area contributed by atoms with Crippen molar-refractivity contribution in [3.05, 3.63) is 42.0 Å². The van der Waals surface area contributed by atoms with Gasteiger partial charge < -0.3 is 5.32 Å². The van der Waals surface area contributed by atoms with Crippen LogP contribution in [0.4, 0.5) is 0 Å². The standard InChI is InChI=1S/C21H27NOS/c23-21(14-16-6-2-1-3-7-16)22-13-5-10-17-8-4-9-18-11-12-19(24)15-20(17)18/h4,8-9,11-12,15-16,24H,1-3,5-7,10,13-14H2,(H,22,23). The fourth-order valence-electron chi connectivity index (χ4n) is 3.78. The molecule has 3 rings (SSSR count). The van der Waals surface area contributed by atoms with E-state index in [9.17, 15) is 4.79 Å². The summed E-state index contributed by atoms with van der Waals surface area (Å²) < 4.78 is 0. The van der Waals surface area contributed by atoms with Gasteiger partial charge in [-0.3, -0.25) is 4.79 Å². The highest BCUT2D eigenvalue weighted by atomic mass is 32.1. The number of amides is 1. The molecule has 1 saturated carbocycles. The van der Waals surface area contributed by atoms with Crippen molar-refractivity contribution in [3.8, 4) is 0 Å². The molecule has 2 nitrogen and oxygen atoms in total. The van der Waals surface area contributed by atoms with Crippen LogP contribution >= 0.6 is 12.6 Å².